The highest BCUT2D eigenvalue weighted by Gasteiger charge is 2.19. The Bertz CT molecular complexity index is 345. The predicted molar refractivity (Wildman–Crippen MR) is 74.6 cm³/mol. The van der Waals surface area contributed by atoms with Crippen molar-refractivity contribution in [3.8, 4) is 0 Å². The monoisotopic (exact) mass is 251 g/mol. The zero-order valence-electron chi connectivity index (χ0n) is 10.6. The van der Waals surface area contributed by atoms with Crippen molar-refractivity contribution in [2.24, 2.45) is 5.92 Å². The summed E-state index contributed by atoms with van der Waals surface area (Å²) < 4.78 is 0. The molecule has 0 saturated heterocycles. The van der Waals surface area contributed by atoms with Crippen molar-refractivity contribution >= 4 is 11.6 Å². The Balaban J connectivity index is 1.90. The summed E-state index contributed by atoms with van der Waals surface area (Å²) in [5, 5.41) is 4.30. The van der Waals surface area contributed by atoms with E-state index in [1.807, 2.05) is 12.1 Å². The molecule has 0 aromatic heterocycles. The molecule has 1 aliphatic carbocycles. The van der Waals surface area contributed by atoms with Crippen molar-refractivity contribution in [1.29, 1.82) is 0 Å². The van der Waals surface area contributed by atoms with Crippen LogP contribution in [0.15, 0.2) is 24.3 Å². The minimum atomic E-state index is 0.594. The summed E-state index contributed by atoms with van der Waals surface area (Å²) >= 11 is 6.02. The molecule has 0 aliphatic heterocycles. The van der Waals surface area contributed by atoms with Gasteiger partial charge in [0.15, 0.2) is 0 Å². The number of nitrogens with one attached hydrogen (secondary N) is 1. The summed E-state index contributed by atoms with van der Waals surface area (Å²) in [7, 11) is 2.07. The lowest BCUT2D eigenvalue weighted by molar-refractivity contribution is 0.402. The molecule has 1 aromatic carbocycles. The van der Waals surface area contributed by atoms with Crippen molar-refractivity contribution in [2.75, 3.05) is 7.05 Å². The molecule has 17 heavy (non-hydrogen) atoms. The van der Waals surface area contributed by atoms with E-state index in [0.29, 0.717) is 6.04 Å². The molecule has 0 radical (unpaired) electrons. The second-order valence-corrected chi connectivity index (χ2v) is 5.64. The van der Waals surface area contributed by atoms with Crippen LogP contribution in [0.1, 0.15) is 37.7 Å². The van der Waals surface area contributed by atoms with Gasteiger partial charge in [0.2, 0.25) is 0 Å². The van der Waals surface area contributed by atoms with Gasteiger partial charge in [0.1, 0.15) is 0 Å². The normalized spacial score (nSPS) is 18.5. The largest absolute Gasteiger partial charge is 0.317 e. The molecule has 1 aromatic rings. The summed E-state index contributed by atoms with van der Waals surface area (Å²) in [6.45, 7) is 0. The van der Waals surface area contributed by atoms with Crippen LogP contribution in [0.5, 0.6) is 0 Å². The van der Waals surface area contributed by atoms with Gasteiger partial charge in [0.25, 0.3) is 0 Å². The molecular weight excluding hydrogens is 230 g/mol. The minimum absolute atomic E-state index is 0.594. The first-order valence-corrected chi connectivity index (χ1v) is 7.07. The van der Waals surface area contributed by atoms with Gasteiger partial charge in [0, 0.05) is 11.1 Å². The van der Waals surface area contributed by atoms with Gasteiger partial charge in [-0.05, 0) is 43.5 Å². The van der Waals surface area contributed by atoms with Crippen LogP contribution in [0.3, 0.4) is 0 Å². The van der Waals surface area contributed by atoms with Crippen LogP contribution in [0.2, 0.25) is 5.02 Å². The maximum Gasteiger partial charge on any atom is 0.0408 e. The summed E-state index contributed by atoms with van der Waals surface area (Å²) in [6.07, 6.45) is 8.11. The number of hydrogen-bond donors (Lipinski definition) is 1. The molecule has 1 saturated carbocycles. The van der Waals surface area contributed by atoms with Crippen molar-refractivity contribution in [1.82, 2.24) is 5.32 Å². The Kier molecular flexibility index (Phi) is 4.87. The molecule has 0 bridgehead atoms. The highest BCUT2D eigenvalue weighted by molar-refractivity contribution is 6.30. The molecule has 0 spiro atoms. The van der Waals surface area contributed by atoms with Crippen molar-refractivity contribution in [2.45, 2.75) is 44.6 Å². The smallest absolute Gasteiger partial charge is 0.0408 e. The average molecular weight is 252 g/mol. The molecule has 94 valence electrons. The van der Waals surface area contributed by atoms with Gasteiger partial charge in [0.05, 0.1) is 0 Å². The first-order chi connectivity index (χ1) is 8.28. The molecular formula is C15H22ClN. The van der Waals surface area contributed by atoms with E-state index in [9.17, 15) is 0 Å². The topological polar surface area (TPSA) is 12.0 Å². The molecule has 0 heterocycles. The molecule has 2 rings (SSSR count). The third kappa shape index (κ3) is 4.01. The van der Waals surface area contributed by atoms with Gasteiger partial charge in [-0.2, -0.15) is 0 Å². The Morgan fingerprint density at radius 3 is 2.76 bits per heavy atom. The quantitative estimate of drug-likeness (QED) is 0.833. The molecule has 1 fully saturated rings. The van der Waals surface area contributed by atoms with E-state index in [4.69, 9.17) is 11.6 Å². The molecule has 1 atom stereocenters. The standard InChI is InChI=1S/C15H22ClN/c1-17-15(10-12-5-2-3-6-12)11-13-7-4-8-14(16)9-13/h4,7-9,12,15,17H,2-3,5-6,10-11H2,1H3. The van der Waals surface area contributed by atoms with Gasteiger partial charge in [-0.25, -0.2) is 0 Å². The Hall–Kier alpha value is -0.530. The van der Waals surface area contributed by atoms with Crippen LogP contribution in [-0.2, 0) is 6.42 Å². The number of hydrogen-bond acceptors (Lipinski definition) is 1. The predicted octanol–water partition coefficient (Wildman–Crippen LogP) is 4.05. The SMILES string of the molecule is CNC(Cc1cccc(Cl)c1)CC1CCCC1. The van der Waals surface area contributed by atoms with Crippen molar-refractivity contribution in [3.63, 3.8) is 0 Å². The molecule has 1 unspecified atom stereocenters. The van der Waals surface area contributed by atoms with E-state index in [0.717, 1.165) is 17.4 Å². The highest BCUT2D eigenvalue weighted by atomic mass is 35.5. The Labute approximate surface area is 110 Å². The van der Waals surface area contributed by atoms with Gasteiger partial charge in [-0.3, -0.25) is 0 Å². The second kappa shape index (κ2) is 6.42. The maximum atomic E-state index is 6.02. The van der Waals surface area contributed by atoms with E-state index < -0.39 is 0 Å². The van der Waals surface area contributed by atoms with Crippen LogP contribution >= 0.6 is 11.6 Å². The fourth-order valence-electron chi connectivity index (χ4n) is 2.90. The third-order valence-electron chi connectivity index (χ3n) is 3.87. The van der Waals surface area contributed by atoms with E-state index in [1.54, 1.807) is 0 Å². The van der Waals surface area contributed by atoms with Gasteiger partial charge < -0.3 is 5.32 Å². The fraction of sp³-hybridized carbons (Fsp3) is 0.600. The zero-order valence-corrected chi connectivity index (χ0v) is 11.3. The van der Waals surface area contributed by atoms with Gasteiger partial charge in [-0.1, -0.05) is 49.4 Å². The lowest BCUT2D eigenvalue weighted by atomic mass is 9.94. The second-order valence-electron chi connectivity index (χ2n) is 5.21. The van der Waals surface area contributed by atoms with E-state index in [-0.39, 0.29) is 0 Å². The van der Waals surface area contributed by atoms with Gasteiger partial charge in [-0.15, -0.1) is 0 Å². The van der Waals surface area contributed by atoms with Gasteiger partial charge >= 0.3 is 0 Å². The lowest BCUT2D eigenvalue weighted by Crippen LogP contribution is -2.29. The van der Waals surface area contributed by atoms with Crippen LogP contribution in [0.4, 0.5) is 0 Å². The van der Waals surface area contributed by atoms with E-state index >= 15 is 0 Å². The fourth-order valence-corrected chi connectivity index (χ4v) is 3.11. The maximum absolute atomic E-state index is 6.02. The van der Waals surface area contributed by atoms with E-state index in [1.165, 1.54) is 37.7 Å². The van der Waals surface area contributed by atoms with Crippen LogP contribution in [0.25, 0.3) is 0 Å². The summed E-state index contributed by atoms with van der Waals surface area (Å²) in [6, 6.07) is 8.83. The number of halogens is 1. The summed E-state index contributed by atoms with van der Waals surface area (Å²) in [5.74, 6) is 0.937. The Morgan fingerprint density at radius 2 is 2.12 bits per heavy atom. The first-order valence-electron chi connectivity index (χ1n) is 6.69. The Morgan fingerprint density at radius 1 is 1.35 bits per heavy atom. The molecule has 0 amide bonds. The van der Waals surface area contributed by atoms with Crippen molar-refractivity contribution in [3.05, 3.63) is 34.9 Å². The van der Waals surface area contributed by atoms with Crippen molar-refractivity contribution < 1.29 is 0 Å². The summed E-state index contributed by atoms with van der Waals surface area (Å²) in [4.78, 5) is 0. The number of likely N-dealkylation sites (N-methyl/N-ethyl adjacent to an activating group) is 1. The average Bonchev–Trinajstić information content (AvgIpc) is 2.81. The molecule has 2 heteroatoms. The molecule has 1 aliphatic rings. The van der Waals surface area contributed by atoms with Crippen LogP contribution in [0, 0.1) is 5.92 Å². The number of benzene rings is 1. The van der Waals surface area contributed by atoms with Crippen LogP contribution in [-0.4, -0.2) is 13.1 Å². The molecule has 1 N–H and O–H groups in total. The highest BCUT2D eigenvalue weighted by Crippen LogP contribution is 2.29. The lowest BCUT2D eigenvalue weighted by Gasteiger charge is -2.20. The zero-order chi connectivity index (χ0) is 12.1. The minimum Gasteiger partial charge on any atom is -0.317 e. The third-order valence-corrected chi connectivity index (χ3v) is 4.11. The molecule has 1 nitrogen and oxygen atoms in total. The number of rotatable bonds is 5. The first kappa shape index (κ1) is 12.9. The van der Waals surface area contributed by atoms with Crippen LogP contribution < -0.4 is 5.32 Å². The van der Waals surface area contributed by atoms with E-state index in [2.05, 4.69) is 24.5 Å². The summed E-state index contributed by atoms with van der Waals surface area (Å²) in [5.41, 5.74) is 1.34.